The molecule has 25 heteroatoms. The Bertz CT molecular complexity index is 1380. The van der Waals surface area contributed by atoms with Gasteiger partial charge in [-0.1, -0.05) is 0 Å². The van der Waals surface area contributed by atoms with Crippen LogP contribution >= 0.6 is 0 Å². The molecule has 0 fully saturated rings. The fraction of sp³-hybridized carbons (Fsp3) is 0.400. The number of nitriles is 1. The van der Waals surface area contributed by atoms with E-state index < -0.39 is 73.1 Å². The summed E-state index contributed by atoms with van der Waals surface area (Å²) in [6.07, 6.45) is 1.28. The number of hydrogen-bond donors (Lipinski definition) is 0. The first-order chi connectivity index (χ1) is 15.1. The molecule has 0 unspecified atom stereocenters. The zero-order valence-corrected chi connectivity index (χ0v) is 18.9. The lowest BCUT2D eigenvalue weighted by atomic mass is 10.3. The summed E-state index contributed by atoms with van der Waals surface area (Å²) in [5.41, 5.74) is -18.7. The Balaban J connectivity index is 0.000000691. The van der Waals surface area contributed by atoms with Gasteiger partial charge in [0.25, 0.3) is 0 Å². The van der Waals surface area contributed by atoms with Crippen LogP contribution in [0.5, 0.6) is 5.88 Å². The molecule has 1 aromatic heterocycles. The van der Waals surface area contributed by atoms with Crippen LogP contribution in [0.25, 0.3) is 0 Å². The predicted molar refractivity (Wildman–Crippen MR) is 88.7 cm³/mol. The van der Waals surface area contributed by atoms with E-state index in [0.717, 1.165) is 0 Å². The van der Waals surface area contributed by atoms with Crippen molar-refractivity contribution in [2.24, 2.45) is 0 Å². The van der Waals surface area contributed by atoms with Gasteiger partial charge in [0.15, 0.2) is 9.84 Å². The molecule has 1 rings (SSSR count). The maximum Gasteiger partial charge on any atom is 0.534 e. The predicted octanol–water partition coefficient (Wildman–Crippen LogP) is 1.29. The molecule has 0 bridgehead atoms. The molecular formula is C10H5F9N2O10S4. The van der Waals surface area contributed by atoms with Crippen molar-refractivity contribution in [3.05, 3.63) is 17.8 Å². The molecule has 35 heavy (non-hydrogen) atoms. The van der Waals surface area contributed by atoms with Crippen molar-refractivity contribution < 1.29 is 81.0 Å². The summed E-state index contributed by atoms with van der Waals surface area (Å²) in [4.78, 5) is 2.44. The SMILES string of the molecule is CS(=O)(=O)c1cc(OS(=O)(=O)C(F)(F)F)ncc1C#N.O=S(=O)(OS(=O)(=O)C(F)(F)F)C(F)(F)F. The highest BCUT2D eigenvalue weighted by Crippen LogP contribution is 2.32. The molecule has 0 aromatic carbocycles. The zero-order valence-electron chi connectivity index (χ0n) is 15.7. The Morgan fingerprint density at radius 3 is 1.43 bits per heavy atom. The van der Waals surface area contributed by atoms with E-state index in [-0.39, 0.29) is 0 Å². The summed E-state index contributed by atoms with van der Waals surface area (Å²) in [5.74, 6) is -1.11. The molecule has 0 N–H and O–H groups in total. The summed E-state index contributed by atoms with van der Waals surface area (Å²) in [6.45, 7) is 0. The number of halogens is 9. The third kappa shape index (κ3) is 8.63. The second kappa shape index (κ2) is 9.91. The highest BCUT2D eigenvalue weighted by molar-refractivity contribution is 8.00. The van der Waals surface area contributed by atoms with Gasteiger partial charge in [-0.2, -0.15) is 70.0 Å². The standard InChI is InChI=1S/C8H5F3N2O5S2.C2F6O5S2/c1-19(14,15)6-2-7(13-4-5(6)3-12)18-20(16,17)8(9,10)11;3-1(4,5)14(9,10)13-15(11,12)2(6,7)8/h2,4H,1H3;. The van der Waals surface area contributed by atoms with Crippen LogP contribution in [0.3, 0.4) is 0 Å². The molecule has 0 spiro atoms. The van der Waals surface area contributed by atoms with Gasteiger partial charge in [0, 0.05) is 12.3 Å². The van der Waals surface area contributed by atoms with E-state index in [4.69, 9.17) is 5.26 Å². The lowest BCUT2D eigenvalue weighted by Gasteiger charge is -2.09. The van der Waals surface area contributed by atoms with Crippen molar-refractivity contribution in [2.45, 2.75) is 21.4 Å². The Hall–Kier alpha value is -2.43. The maximum atomic E-state index is 12.1. The van der Waals surface area contributed by atoms with Crippen molar-refractivity contribution in [3.8, 4) is 11.9 Å². The summed E-state index contributed by atoms with van der Waals surface area (Å²) in [7, 11) is -23.6. The van der Waals surface area contributed by atoms with Crippen LogP contribution in [0.15, 0.2) is 17.2 Å². The van der Waals surface area contributed by atoms with Crippen molar-refractivity contribution in [1.82, 2.24) is 4.98 Å². The van der Waals surface area contributed by atoms with E-state index in [1.807, 2.05) is 3.63 Å². The Labute approximate surface area is 189 Å². The molecule has 0 atom stereocenters. The van der Waals surface area contributed by atoms with Crippen LogP contribution in [-0.4, -0.2) is 61.4 Å². The van der Waals surface area contributed by atoms with Gasteiger partial charge in [0.05, 0.1) is 16.7 Å². The second-order valence-electron chi connectivity index (χ2n) is 5.25. The highest BCUT2D eigenvalue weighted by atomic mass is 32.3. The molecule has 0 radical (unpaired) electrons. The molecule has 0 aliphatic carbocycles. The Morgan fingerprint density at radius 1 is 0.771 bits per heavy atom. The van der Waals surface area contributed by atoms with E-state index in [2.05, 4.69) is 9.17 Å². The largest absolute Gasteiger partial charge is 0.534 e. The summed E-state index contributed by atoms with van der Waals surface area (Å²) in [6, 6.07) is 1.88. The van der Waals surface area contributed by atoms with Crippen molar-refractivity contribution in [2.75, 3.05) is 6.26 Å². The smallest absolute Gasteiger partial charge is 0.355 e. The van der Waals surface area contributed by atoms with Crippen LogP contribution in [-0.2, 0) is 43.8 Å². The topological polar surface area (TPSA) is 192 Å². The second-order valence-corrected chi connectivity index (χ2v) is 12.1. The van der Waals surface area contributed by atoms with Crippen molar-refractivity contribution in [3.63, 3.8) is 0 Å². The normalized spacial score (nSPS) is 13.9. The van der Waals surface area contributed by atoms with Gasteiger partial charge in [0.1, 0.15) is 6.07 Å². The molecule has 12 nitrogen and oxygen atoms in total. The van der Waals surface area contributed by atoms with Crippen molar-refractivity contribution >= 4 is 40.2 Å². The van der Waals surface area contributed by atoms with Crippen LogP contribution in [0.2, 0.25) is 0 Å². The number of pyridine rings is 1. The lowest BCUT2D eigenvalue weighted by Crippen LogP contribution is -2.34. The lowest BCUT2D eigenvalue weighted by molar-refractivity contribution is -0.0586. The summed E-state index contributed by atoms with van der Waals surface area (Å²) in [5, 5.41) is 8.64. The quantitative estimate of drug-likeness (QED) is 0.263. The Kier molecular flexibility index (Phi) is 9.22. The van der Waals surface area contributed by atoms with E-state index >= 15 is 0 Å². The fourth-order valence-corrected chi connectivity index (χ4v) is 3.99. The molecule has 0 aliphatic heterocycles. The highest BCUT2D eigenvalue weighted by Gasteiger charge is 2.57. The van der Waals surface area contributed by atoms with Gasteiger partial charge < -0.3 is 4.18 Å². The van der Waals surface area contributed by atoms with E-state index in [0.29, 0.717) is 18.5 Å². The Morgan fingerprint density at radius 2 is 1.14 bits per heavy atom. The molecule has 0 saturated heterocycles. The number of alkyl halides is 9. The molecule has 202 valence electrons. The van der Waals surface area contributed by atoms with Gasteiger partial charge >= 0.3 is 46.9 Å². The van der Waals surface area contributed by atoms with Crippen LogP contribution in [0.4, 0.5) is 39.5 Å². The number of nitrogens with zero attached hydrogens (tertiary/aromatic N) is 2. The molecule has 0 amide bonds. The monoisotopic (exact) mass is 612 g/mol. The minimum atomic E-state index is -6.85. The molecule has 1 heterocycles. The number of hydrogen-bond acceptors (Lipinski definition) is 12. The van der Waals surface area contributed by atoms with E-state index in [9.17, 15) is 73.2 Å². The average molecular weight is 612 g/mol. The van der Waals surface area contributed by atoms with Crippen molar-refractivity contribution in [1.29, 1.82) is 5.26 Å². The van der Waals surface area contributed by atoms with E-state index in [1.54, 1.807) is 0 Å². The molecule has 1 aromatic rings. The molecular weight excluding hydrogens is 607 g/mol. The van der Waals surface area contributed by atoms with Gasteiger partial charge in [0.2, 0.25) is 5.88 Å². The maximum absolute atomic E-state index is 12.1. The van der Waals surface area contributed by atoms with Gasteiger partial charge in [-0.25, -0.2) is 13.4 Å². The first kappa shape index (κ1) is 32.6. The van der Waals surface area contributed by atoms with Crippen LogP contribution < -0.4 is 4.18 Å². The number of sulfone groups is 1. The zero-order chi connectivity index (χ0) is 28.5. The summed E-state index contributed by atoms with van der Waals surface area (Å²) < 4.78 is 194. The molecule has 0 saturated carbocycles. The minimum Gasteiger partial charge on any atom is -0.355 e. The van der Waals surface area contributed by atoms with Crippen LogP contribution in [0.1, 0.15) is 5.56 Å². The van der Waals surface area contributed by atoms with Gasteiger partial charge in [-0.3, -0.25) is 0 Å². The van der Waals surface area contributed by atoms with Gasteiger partial charge in [-0.05, 0) is 0 Å². The average Bonchev–Trinajstić information content (AvgIpc) is 2.57. The van der Waals surface area contributed by atoms with E-state index in [1.165, 1.54) is 6.07 Å². The number of aromatic nitrogens is 1. The first-order valence-electron chi connectivity index (χ1n) is 7.03. The first-order valence-corrected chi connectivity index (χ1v) is 13.2. The third-order valence-electron chi connectivity index (χ3n) is 2.59. The fourth-order valence-electron chi connectivity index (χ4n) is 1.21. The van der Waals surface area contributed by atoms with Gasteiger partial charge in [-0.15, -0.1) is 3.63 Å². The van der Waals surface area contributed by atoms with Crippen LogP contribution in [0, 0.1) is 11.3 Å². The third-order valence-corrected chi connectivity index (χ3v) is 7.25. The molecule has 0 aliphatic rings. The number of rotatable bonds is 5. The summed E-state index contributed by atoms with van der Waals surface area (Å²) >= 11 is 0. The minimum absolute atomic E-state index is 0.428.